The molecule has 7 heteroatoms. The summed E-state index contributed by atoms with van der Waals surface area (Å²) in [6.45, 7) is 2.35. The fraction of sp³-hybridized carbons (Fsp3) is 0.727. The number of aromatic amines is 1. The Morgan fingerprint density at radius 1 is 1.44 bits per heavy atom. The Hall–Kier alpha value is -0.920. The van der Waals surface area contributed by atoms with E-state index in [1.807, 2.05) is 6.92 Å². The summed E-state index contributed by atoms with van der Waals surface area (Å²) in [5.41, 5.74) is 5.86. The van der Waals surface area contributed by atoms with Gasteiger partial charge in [-0.05, 0) is 25.7 Å². The summed E-state index contributed by atoms with van der Waals surface area (Å²) in [7, 11) is -3.43. The van der Waals surface area contributed by atoms with Crippen molar-refractivity contribution >= 4 is 10.0 Å². The molecule has 0 bridgehead atoms. The normalized spacial score (nSPS) is 25.5. The first-order chi connectivity index (χ1) is 8.55. The smallest absolute Gasteiger partial charge is 0.246 e. The second kappa shape index (κ2) is 5.38. The molecule has 1 aliphatic rings. The first-order valence-electron chi connectivity index (χ1n) is 6.32. The number of H-pyrrole nitrogens is 1. The van der Waals surface area contributed by atoms with Gasteiger partial charge in [-0.25, -0.2) is 8.42 Å². The second-order valence-electron chi connectivity index (χ2n) is 4.71. The van der Waals surface area contributed by atoms with Gasteiger partial charge in [0.15, 0.2) is 0 Å². The molecule has 2 rings (SSSR count). The minimum Gasteiger partial charge on any atom is -0.328 e. The molecule has 0 aromatic carbocycles. The molecule has 0 spiro atoms. The van der Waals surface area contributed by atoms with Crippen LogP contribution in [-0.4, -0.2) is 41.5 Å². The Morgan fingerprint density at radius 3 is 2.61 bits per heavy atom. The zero-order valence-corrected chi connectivity index (χ0v) is 11.4. The van der Waals surface area contributed by atoms with E-state index in [1.54, 1.807) is 4.31 Å². The van der Waals surface area contributed by atoms with Crippen LogP contribution in [0.3, 0.4) is 0 Å². The van der Waals surface area contributed by atoms with E-state index in [4.69, 9.17) is 5.73 Å². The molecule has 102 valence electrons. The lowest BCUT2D eigenvalue weighted by Crippen LogP contribution is -2.43. The third-order valence-corrected chi connectivity index (χ3v) is 5.53. The van der Waals surface area contributed by atoms with E-state index in [-0.39, 0.29) is 17.0 Å². The molecule has 1 aliphatic carbocycles. The van der Waals surface area contributed by atoms with Crippen LogP contribution in [0.15, 0.2) is 17.3 Å². The highest BCUT2D eigenvalue weighted by atomic mass is 32.2. The van der Waals surface area contributed by atoms with Crippen molar-refractivity contribution in [2.24, 2.45) is 5.73 Å². The maximum absolute atomic E-state index is 12.4. The average Bonchev–Trinajstić information content (AvgIpc) is 2.86. The molecule has 6 nitrogen and oxygen atoms in total. The first-order valence-corrected chi connectivity index (χ1v) is 7.76. The van der Waals surface area contributed by atoms with Crippen molar-refractivity contribution in [3.63, 3.8) is 0 Å². The summed E-state index contributed by atoms with van der Waals surface area (Å²) < 4.78 is 26.5. The highest BCUT2D eigenvalue weighted by Gasteiger charge is 2.32. The Labute approximate surface area is 108 Å². The molecule has 1 heterocycles. The molecule has 0 atom stereocenters. The monoisotopic (exact) mass is 272 g/mol. The summed E-state index contributed by atoms with van der Waals surface area (Å²) >= 11 is 0. The standard InChI is InChI=1S/C11H20N4O2S/c1-2-15(10-5-3-9(12)4-6-10)18(16,17)11-7-13-14-8-11/h7-10H,2-6,12H2,1H3,(H,13,14). The fourth-order valence-corrected chi connectivity index (χ4v) is 4.13. The maximum atomic E-state index is 12.4. The van der Waals surface area contributed by atoms with Crippen LogP contribution in [-0.2, 0) is 10.0 Å². The van der Waals surface area contributed by atoms with E-state index in [1.165, 1.54) is 12.4 Å². The minimum absolute atomic E-state index is 0.0645. The summed E-state index contributed by atoms with van der Waals surface area (Å²) in [6, 6.07) is 0.284. The number of aromatic nitrogens is 2. The third-order valence-electron chi connectivity index (χ3n) is 3.54. The Morgan fingerprint density at radius 2 is 2.11 bits per heavy atom. The van der Waals surface area contributed by atoms with Crippen LogP contribution in [0.2, 0.25) is 0 Å². The van der Waals surface area contributed by atoms with Crippen molar-refractivity contribution in [1.29, 1.82) is 0 Å². The van der Waals surface area contributed by atoms with Crippen molar-refractivity contribution < 1.29 is 8.42 Å². The van der Waals surface area contributed by atoms with Crippen molar-refractivity contribution in [2.75, 3.05) is 6.54 Å². The molecule has 1 aromatic heterocycles. The second-order valence-corrected chi connectivity index (χ2v) is 6.60. The van der Waals surface area contributed by atoms with E-state index in [9.17, 15) is 8.42 Å². The van der Waals surface area contributed by atoms with Crippen LogP contribution in [0.5, 0.6) is 0 Å². The molecule has 0 saturated heterocycles. The van der Waals surface area contributed by atoms with Gasteiger partial charge in [0.1, 0.15) is 4.90 Å². The van der Waals surface area contributed by atoms with Crippen molar-refractivity contribution in [2.45, 2.75) is 49.6 Å². The molecule has 18 heavy (non-hydrogen) atoms. The fourth-order valence-electron chi connectivity index (χ4n) is 2.53. The van der Waals surface area contributed by atoms with Crippen LogP contribution in [0.1, 0.15) is 32.6 Å². The van der Waals surface area contributed by atoms with Crippen molar-refractivity contribution in [3.05, 3.63) is 12.4 Å². The van der Waals surface area contributed by atoms with Gasteiger partial charge in [0.25, 0.3) is 0 Å². The number of nitrogens with two attached hydrogens (primary N) is 1. The molecule has 0 amide bonds. The summed E-state index contributed by atoms with van der Waals surface area (Å²) in [5.74, 6) is 0. The average molecular weight is 272 g/mol. The first kappa shape index (κ1) is 13.5. The number of rotatable bonds is 4. The van der Waals surface area contributed by atoms with Crippen LogP contribution in [0, 0.1) is 0 Å². The van der Waals surface area contributed by atoms with E-state index >= 15 is 0 Å². The summed E-state index contributed by atoms with van der Waals surface area (Å²) in [6.07, 6.45) is 6.24. The largest absolute Gasteiger partial charge is 0.328 e. The third kappa shape index (κ3) is 2.57. The number of hydrogen-bond acceptors (Lipinski definition) is 4. The topological polar surface area (TPSA) is 92.1 Å². The quantitative estimate of drug-likeness (QED) is 0.843. The van der Waals surface area contributed by atoms with Crippen molar-refractivity contribution in [3.8, 4) is 0 Å². The van der Waals surface area contributed by atoms with Gasteiger partial charge in [-0.2, -0.15) is 9.40 Å². The number of hydrogen-bond donors (Lipinski definition) is 2. The highest BCUT2D eigenvalue weighted by molar-refractivity contribution is 7.89. The van der Waals surface area contributed by atoms with Gasteiger partial charge >= 0.3 is 0 Å². The lowest BCUT2D eigenvalue weighted by Gasteiger charge is -2.34. The molecule has 0 unspecified atom stereocenters. The summed E-state index contributed by atoms with van der Waals surface area (Å²) in [5, 5.41) is 6.26. The number of nitrogens with one attached hydrogen (secondary N) is 1. The van der Waals surface area contributed by atoms with E-state index in [0.29, 0.717) is 6.54 Å². The SMILES string of the molecule is CCN(C1CCC(N)CC1)S(=O)(=O)c1cn[nH]c1. The van der Waals surface area contributed by atoms with E-state index < -0.39 is 10.0 Å². The predicted molar refractivity (Wildman–Crippen MR) is 68.4 cm³/mol. The van der Waals surface area contributed by atoms with Gasteiger partial charge in [-0.1, -0.05) is 6.92 Å². The molecular formula is C11H20N4O2S. The summed E-state index contributed by atoms with van der Waals surface area (Å²) in [4.78, 5) is 0.235. The number of nitrogens with zero attached hydrogens (tertiary/aromatic N) is 2. The van der Waals surface area contributed by atoms with Gasteiger partial charge < -0.3 is 5.73 Å². The Bertz CT molecular complexity index is 463. The van der Waals surface area contributed by atoms with E-state index in [0.717, 1.165) is 25.7 Å². The van der Waals surface area contributed by atoms with Gasteiger partial charge in [-0.15, -0.1) is 0 Å². The van der Waals surface area contributed by atoms with Crippen LogP contribution in [0.4, 0.5) is 0 Å². The maximum Gasteiger partial charge on any atom is 0.246 e. The minimum atomic E-state index is -3.43. The van der Waals surface area contributed by atoms with Crippen LogP contribution in [0.25, 0.3) is 0 Å². The zero-order valence-electron chi connectivity index (χ0n) is 10.5. The zero-order chi connectivity index (χ0) is 13.2. The Kier molecular flexibility index (Phi) is 4.04. The van der Waals surface area contributed by atoms with Crippen LogP contribution >= 0.6 is 0 Å². The van der Waals surface area contributed by atoms with Crippen molar-refractivity contribution in [1.82, 2.24) is 14.5 Å². The van der Waals surface area contributed by atoms with Gasteiger partial charge in [0, 0.05) is 24.8 Å². The lowest BCUT2D eigenvalue weighted by molar-refractivity contribution is 0.247. The number of sulfonamides is 1. The predicted octanol–water partition coefficient (Wildman–Crippen LogP) is 0.690. The van der Waals surface area contributed by atoms with Gasteiger partial charge in [0.2, 0.25) is 10.0 Å². The van der Waals surface area contributed by atoms with Crippen LogP contribution < -0.4 is 5.73 Å². The molecule has 0 radical (unpaired) electrons. The molecule has 1 aromatic rings. The van der Waals surface area contributed by atoms with Gasteiger partial charge in [-0.3, -0.25) is 5.10 Å². The van der Waals surface area contributed by atoms with E-state index in [2.05, 4.69) is 10.2 Å². The molecule has 1 saturated carbocycles. The van der Waals surface area contributed by atoms with Gasteiger partial charge in [0.05, 0.1) is 6.20 Å². The molecule has 3 N–H and O–H groups in total. The lowest BCUT2D eigenvalue weighted by atomic mass is 9.92. The molecular weight excluding hydrogens is 252 g/mol. The highest BCUT2D eigenvalue weighted by Crippen LogP contribution is 2.26. The molecule has 1 fully saturated rings. The molecule has 0 aliphatic heterocycles. The Balaban J connectivity index is 2.18.